The predicted octanol–water partition coefficient (Wildman–Crippen LogP) is 3.16. The van der Waals surface area contributed by atoms with Gasteiger partial charge in [0, 0.05) is 36.4 Å². The second-order valence-electron chi connectivity index (χ2n) is 4.42. The van der Waals surface area contributed by atoms with Gasteiger partial charge in [0.1, 0.15) is 0 Å². The molecule has 0 fully saturated rings. The molecule has 0 heterocycles. The van der Waals surface area contributed by atoms with Crippen molar-refractivity contribution in [3.63, 3.8) is 0 Å². The van der Waals surface area contributed by atoms with Crippen LogP contribution in [0.5, 0.6) is 0 Å². The molecule has 2 N–H and O–H groups in total. The molecule has 1 atom stereocenters. The van der Waals surface area contributed by atoms with Crippen LogP contribution in [0.3, 0.4) is 0 Å². The Kier molecular flexibility index (Phi) is 6.68. The predicted molar refractivity (Wildman–Crippen MR) is 81.0 cm³/mol. The van der Waals surface area contributed by atoms with Crippen molar-refractivity contribution < 1.29 is 4.74 Å². The Bertz CT molecular complexity index is 371. The number of benzene rings is 1. The van der Waals surface area contributed by atoms with Gasteiger partial charge in [-0.3, -0.25) is 0 Å². The van der Waals surface area contributed by atoms with E-state index < -0.39 is 0 Å². The molecule has 102 valence electrons. The van der Waals surface area contributed by atoms with Gasteiger partial charge in [-0.15, -0.1) is 0 Å². The van der Waals surface area contributed by atoms with Crippen LogP contribution in [-0.2, 0) is 11.3 Å². The molecule has 0 saturated carbocycles. The maximum atomic E-state index is 5.85. The van der Waals surface area contributed by atoms with E-state index in [1.54, 1.807) is 7.11 Å². The van der Waals surface area contributed by atoms with E-state index in [4.69, 9.17) is 10.5 Å². The lowest BCUT2D eigenvalue weighted by Gasteiger charge is -2.32. The smallest absolute Gasteiger partial charge is 0.0637 e. The fraction of sp³-hybridized carbons (Fsp3) is 0.571. The van der Waals surface area contributed by atoms with Gasteiger partial charge in [-0.2, -0.15) is 0 Å². The van der Waals surface area contributed by atoms with Gasteiger partial charge in [0.25, 0.3) is 0 Å². The van der Waals surface area contributed by atoms with Crippen LogP contribution in [0.4, 0.5) is 5.69 Å². The molecule has 0 saturated heterocycles. The molecule has 0 radical (unpaired) electrons. The number of hydrogen-bond donors (Lipinski definition) is 1. The molecule has 1 aromatic rings. The molecule has 0 aliphatic heterocycles. The van der Waals surface area contributed by atoms with Crippen LogP contribution in [-0.4, -0.2) is 26.3 Å². The largest absolute Gasteiger partial charge is 0.383 e. The van der Waals surface area contributed by atoms with Gasteiger partial charge in [-0.25, -0.2) is 0 Å². The number of anilines is 1. The first kappa shape index (κ1) is 15.5. The first-order valence-electron chi connectivity index (χ1n) is 6.38. The van der Waals surface area contributed by atoms with Crippen LogP contribution in [0.15, 0.2) is 22.7 Å². The molecule has 1 aromatic carbocycles. The van der Waals surface area contributed by atoms with Crippen LogP contribution >= 0.6 is 15.9 Å². The third-order valence-corrected chi connectivity index (χ3v) is 3.72. The van der Waals surface area contributed by atoms with Crippen molar-refractivity contribution in [2.75, 3.05) is 25.2 Å². The summed E-state index contributed by atoms with van der Waals surface area (Å²) in [5.74, 6) is 0. The van der Waals surface area contributed by atoms with Gasteiger partial charge in [0.15, 0.2) is 0 Å². The van der Waals surface area contributed by atoms with Crippen molar-refractivity contribution >= 4 is 21.6 Å². The van der Waals surface area contributed by atoms with E-state index in [0.29, 0.717) is 12.6 Å². The van der Waals surface area contributed by atoms with Gasteiger partial charge in [-0.1, -0.05) is 22.9 Å². The molecule has 0 amide bonds. The molecule has 0 bridgehead atoms. The third-order valence-electron chi connectivity index (χ3n) is 3.23. The summed E-state index contributed by atoms with van der Waals surface area (Å²) in [7, 11) is 1.74. The second-order valence-corrected chi connectivity index (χ2v) is 5.34. The normalized spacial score (nSPS) is 12.5. The fourth-order valence-corrected chi connectivity index (χ4v) is 2.39. The highest BCUT2D eigenvalue weighted by Gasteiger charge is 2.15. The van der Waals surface area contributed by atoms with Crippen molar-refractivity contribution in [3.05, 3.63) is 28.2 Å². The lowest BCUT2D eigenvalue weighted by atomic mass is 10.1. The number of nitrogens with zero attached hydrogens (tertiary/aromatic N) is 1. The SMILES string of the molecule is CCC(C)N(CCOC)c1ccc(Br)cc1CN. The van der Waals surface area contributed by atoms with E-state index in [1.807, 2.05) is 0 Å². The van der Waals surface area contributed by atoms with E-state index in [-0.39, 0.29) is 0 Å². The summed E-state index contributed by atoms with van der Waals surface area (Å²) < 4.78 is 6.28. The maximum absolute atomic E-state index is 5.85. The Hall–Kier alpha value is -0.580. The fourth-order valence-electron chi connectivity index (χ4n) is 1.99. The van der Waals surface area contributed by atoms with Gasteiger partial charge >= 0.3 is 0 Å². The van der Waals surface area contributed by atoms with Crippen molar-refractivity contribution in [3.8, 4) is 0 Å². The first-order chi connectivity index (χ1) is 8.63. The molecule has 1 rings (SSSR count). The number of methoxy groups -OCH3 is 1. The minimum atomic E-state index is 0.478. The summed E-state index contributed by atoms with van der Waals surface area (Å²) in [6.45, 7) is 6.60. The summed E-state index contributed by atoms with van der Waals surface area (Å²) in [6.07, 6.45) is 1.10. The highest BCUT2D eigenvalue weighted by atomic mass is 79.9. The molecule has 0 aliphatic carbocycles. The van der Waals surface area contributed by atoms with E-state index in [2.05, 4.69) is 52.9 Å². The van der Waals surface area contributed by atoms with Crippen molar-refractivity contribution in [2.24, 2.45) is 5.73 Å². The van der Waals surface area contributed by atoms with E-state index in [1.165, 1.54) is 11.3 Å². The zero-order chi connectivity index (χ0) is 13.5. The Balaban J connectivity index is 3.03. The summed E-state index contributed by atoms with van der Waals surface area (Å²) in [6, 6.07) is 6.77. The Labute approximate surface area is 118 Å². The van der Waals surface area contributed by atoms with Crippen molar-refractivity contribution in [1.82, 2.24) is 0 Å². The minimum Gasteiger partial charge on any atom is -0.383 e. The minimum absolute atomic E-state index is 0.478. The van der Waals surface area contributed by atoms with Crippen LogP contribution < -0.4 is 10.6 Å². The van der Waals surface area contributed by atoms with Crippen molar-refractivity contribution in [1.29, 1.82) is 0 Å². The Morgan fingerprint density at radius 3 is 2.72 bits per heavy atom. The molecule has 1 unspecified atom stereocenters. The van der Waals surface area contributed by atoms with Crippen LogP contribution in [0, 0.1) is 0 Å². The molecule has 0 spiro atoms. The van der Waals surface area contributed by atoms with Crippen LogP contribution in [0.1, 0.15) is 25.8 Å². The lowest BCUT2D eigenvalue weighted by Crippen LogP contribution is -2.36. The first-order valence-corrected chi connectivity index (χ1v) is 7.17. The summed E-state index contributed by atoms with van der Waals surface area (Å²) >= 11 is 3.49. The second kappa shape index (κ2) is 7.77. The van der Waals surface area contributed by atoms with E-state index in [9.17, 15) is 0 Å². The molecular weight excluding hydrogens is 292 g/mol. The van der Waals surface area contributed by atoms with Gasteiger partial charge in [-0.05, 0) is 37.1 Å². The average molecular weight is 315 g/mol. The lowest BCUT2D eigenvalue weighted by molar-refractivity contribution is 0.203. The highest BCUT2D eigenvalue weighted by molar-refractivity contribution is 9.10. The number of halogens is 1. The Morgan fingerprint density at radius 2 is 2.17 bits per heavy atom. The highest BCUT2D eigenvalue weighted by Crippen LogP contribution is 2.26. The van der Waals surface area contributed by atoms with Gasteiger partial charge in [0.05, 0.1) is 6.61 Å². The number of hydrogen-bond acceptors (Lipinski definition) is 3. The summed E-state index contributed by atoms with van der Waals surface area (Å²) in [5, 5.41) is 0. The Morgan fingerprint density at radius 1 is 1.44 bits per heavy atom. The summed E-state index contributed by atoms with van der Waals surface area (Å²) in [5.41, 5.74) is 8.23. The average Bonchev–Trinajstić information content (AvgIpc) is 2.39. The molecule has 0 aromatic heterocycles. The zero-order valence-corrected chi connectivity index (χ0v) is 13.0. The molecule has 0 aliphatic rings. The van der Waals surface area contributed by atoms with Crippen LogP contribution in [0.25, 0.3) is 0 Å². The van der Waals surface area contributed by atoms with E-state index >= 15 is 0 Å². The van der Waals surface area contributed by atoms with Gasteiger partial charge < -0.3 is 15.4 Å². The standard InChI is InChI=1S/C14H23BrN2O/c1-4-11(2)17(7-8-18-3)14-6-5-13(15)9-12(14)10-16/h5-6,9,11H,4,7-8,10,16H2,1-3H3. The number of nitrogens with two attached hydrogens (primary N) is 1. The van der Waals surface area contributed by atoms with Gasteiger partial charge in [0.2, 0.25) is 0 Å². The maximum Gasteiger partial charge on any atom is 0.0637 e. The molecule has 3 nitrogen and oxygen atoms in total. The van der Waals surface area contributed by atoms with Crippen LogP contribution in [0.2, 0.25) is 0 Å². The molecular formula is C14H23BrN2O. The monoisotopic (exact) mass is 314 g/mol. The number of ether oxygens (including phenoxy) is 1. The summed E-state index contributed by atoms with van der Waals surface area (Å²) in [4.78, 5) is 2.37. The third kappa shape index (κ3) is 3.97. The zero-order valence-electron chi connectivity index (χ0n) is 11.4. The quantitative estimate of drug-likeness (QED) is 0.840. The topological polar surface area (TPSA) is 38.5 Å². The van der Waals surface area contributed by atoms with Crippen molar-refractivity contribution in [2.45, 2.75) is 32.9 Å². The van der Waals surface area contributed by atoms with E-state index in [0.717, 1.165) is 24.0 Å². The molecule has 4 heteroatoms. The number of rotatable bonds is 7. The molecule has 18 heavy (non-hydrogen) atoms.